The fraction of sp³-hybridized carbons (Fsp3) is 0.556. The molecule has 0 spiro atoms. The predicted molar refractivity (Wildman–Crippen MR) is 55.7 cm³/mol. The summed E-state index contributed by atoms with van der Waals surface area (Å²) in [6.07, 6.45) is 1.57. The van der Waals surface area contributed by atoms with Gasteiger partial charge in [-0.15, -0.1) is 0 Å². The number of carboxylic acids is 1. The molecule has 1 unspecified atom stereocenters. The van der Waals surface area contributed by atoms with E-state index in [4.69, 9.17) is 9.63 Å². The molecule has 1 saturated heterocycles. The number of hydrogen-bond donors (Lipinski definition) is 1. The minimum absolute atomic E-state index is 0.408. The van der Waals surface area contributed by atoms with E-state index < -0.39 is 12.0 Å². The van der Waals surface area contributed by atoms with E-state index in [1.807, 2.05) is 4.90 Å². The Labute approximate surface area is 91.4 Å². The van der Waals surface area contributed by atoms with E-state index in [0.717, 1.165) is 12.3 Å². The third kappa shape index (κ3) is 2.51. The van der Waals surface area contributed by atoms with Crippen LogP contribution in [-0.2, 0) is 11.3 Å². The molecule has 1 N–H and O–H groups in total. The molecule has 0 aliphatic carbocycles. The maximum Gasteiger partial charge on any atom is 0.321 e. The zero-order chi connectivity index (χ0) is 10.7. The molecule has 0 radical (unpaired) electrons. The second kappa shape index (κ2) is 4.67. The number of rotatable bonds is 3. The van der Waals surface area contributed by atoms with Crippen molar-refractivity contribution in [3.8, 4) is 0 Å². The van der Waals surface area contributed by atoms with Gasteiger partial charge in [-0.05, 0) is 0 Å². The van der Waals surface area contributed by atoms with Gasteiger partial charge in [-0.25, -0.2) is 0 Å². The van der Waals surface area contributed by atoms with Gasteiger partial charge in [0.1, 0.15) is 6.04 Å². The van der Waals surface area contributed by atoms with Crippen LogP contribution >= 0.6 is 11.8 Å². The lowest BCUT2D eigenvalue weighted by molar-refractivity contribution is -0.142. The number of carboxylic acid groups (broad SMARTS) is 1. The van der Waals surface area contributed by atoms with Crippen molar-refractivity contribution in [1.82, 2.24) is 10.1 Å². The van der Waals surface area contributed by atoms with E-state index in [9.17, 15) is 4.79 Å². The Kier molecular flexibility index (Phi) is 3.27. The first-order valence-electron chi connectivity index (χ1n) is 4.71. The van der Waals surface area contributed by atoms with Crippen molar-refractivity contribution in [2.24, 2.45) is 0 Å². The molecule has 0 amide bonds. The highest BCUT2D eigenvalue weighted by Gasteiger charge is 2.29. The summed E-state index contributed by atoms with van der Waals surface area (Å²) >= 11 is 1.68. The number of aliphatic carboxylic acids is 1. The maximum atomic E-state index is 11.0. The first-order chi connectivity index (χ1) is 7.27. The quantitative estimate of drug-likeness (QED) is 0.820. The normalized spacial score (nSPS) is 22.8. The van der Waals surface area contributed by atoms with E-state index in [1.54, 1.807) is 24.0 Å². The maximum absolute atomic E-state index is 11.0. The Hall–Kier alpha value is -1.01. The summed E-state index contributed by atoms with van der Waals surface area (Å²) in [6, 6.07) is 1.36. The highest BCUT2D eigenvalue weighted by molar-refractivity contribution is 7.99. The van der Waals surface area contributed by atoms with Crippen LogP contribution in [-0.4, -0.2) is 45.2 Å². The van der Waals surface area contributed by atoms with Gasteiger partial charge in [-0.2, -0.15) is 11.8 Å². The van der Waals surface area contributed by atoms with Crippen LogP contribution in [0.25, 0.3) is 0 Å². The molecule has 1 aliphatic rings. The van der Waals surface area contributed by atoms with Gasteiger partial charge in [0.05, 0.1) is 12.7 Å². The monoisotopic (exact) mass is 228 g/mol. The molecule has 2 heterocycles. The van der Waals surface area contributed by atoms with Gasteiger partial charge < -0.3 is 9.63 Å². The standard InChI is InChI=1S/C9H12N2O3S/c12-9(13)8-6-15-4-3-11(8)5-7-1-2-10-14-7/h1-2,8H,3-6H2,(H,12,13). The minimum Gasteiger partial charge on any atom is -0.480 e. The van der Waals surface area contributed by atoms with Crippen LogP contribution in [0.1, 0.15) is 5.76 Å². The molecule has 1 fully saturated rings. The lowest BCUT2D eigenvalue weighted by Gasteiger charge is -2.31. The number of carbonyl (C=O) groups is 1. The van der Waals surface area contributed by atoms with Gasteiger partial charge in [0.2, 0.25) is 0 Å². The highest BCUT2D eigenvalue weighted by atomic mass is 32.2. The zero-order valence-corrected chi connectivity index (χ0v) is 8.94. The molecule has 0 bridgehead atoms. The average Bonchev–Trinajstić information content (AvgIpc) is 2.71. The van der Waals surface area contributed by atoms with E-state index in [2.05, 4.69) is 5.16 Å². The largest absolute Gasteiger partial charge is 0.480 e. The Bertz CT molecular complexity index is 328. The molecule has 82 valence electrons. The highest BCUT2D eigenvalue weighted by Crippen LogP contribution is 2.18. The number of nitrogens with zero attached hydrogens (tertiary/aromatic N) is 2. The molecule has 1 aromatic rings. The van der Waals surface area contributed by atoms with Crippen molar-refractivity contribution in [3.05, 3.63) is 18.0 Å². The van der Waals surface area contributed by atoms with E-state index >= 15 is 0 Å². The summed E-state index contributed by atoms with van der Waals surface area (Å²) in [7, 11) is 0. The number of hydrogen-bond acceptors (Lipinski definition) is 5. The Morgan fingerprint density at radius 2 is 2.67 bits per heavy atom. The second-order valence-corrected chi connectivity index (χ2v) is 4.53. The molecule has 1 atom stereocenters. The molecule has 0 saturated carbocycles. The molecular weight excluding hydrogens is 216 g/mol. The molecule has 2 rings (SSSR count). The lowest BCUT2D eigenvalue weighted by atomic mass is 10.2. The van der Waals surface area contributed by atoms with Crippen LogP contribution in [0.5, 0.6) is 0 Å². The van der Waals surface area contributed by atoms with Crippen molar-refractivity contribution in [2.75, 3.05) is 18.1 Å². The minimum atomic E-state index is -0.762. The van der Waals surface area contributed by atoms with Gasteiger partial charge in [0.25, 0.3) is 0 Å². The van der Waals surface area contributed by atoms with Gasteiger partial charge in [-0.3, -0.25) is 9.69 Å². The number of aromatic nitrogens is 1. The third-order valence-electron chi connectivity index (χ3n) is 2.37. The predicted octanol–water partition coefficient (Wildman–Crippen LogP) is 0.677. The van der Waals surface area contributed by atoms with Crippen molar-refractivity contribution in [1.29, 1.82) is 0 Å². The molecule has 15 heavy (non-hydrogen) atoms. The summed E-state index contributed by atoms with van der Waals surface area (Å²) in [5, 5.41) is 12.6. The van der Waals surface area contributed by atoms with Crippen LogP contribution in [0.15, 0.2) is 16.8 Å². The fourth-order valence-electron chi connectivity index (χ4n) is 1.58. The summed E-state index contributed by atoms with van der Waals surface area (Å²) in [5.74, 6) is 1.57. The zero-order valence-electron chi connectivity index (χ0n) is 8.13. The summed E-state index contributed by atoms with van der Waals surface area (Å²) in [6.45, 7) is 1.31. The van der Waals surface area contributed by atoms with Crippen LogP contribution in [0.4, 0.5) is 0 Å². The van der Waals surface area contributed by atoms with Gasteiger partial charge in [0.15, 0.2) is 5.76 Å². The average molecular weight is 228 g/mol. The fourth-order valence-corrected chi connectivity index (χ4v) is 2.69. The van der Waals surface area contributed by atoms with Crippen LogP contribution in [0.2, 0.25) is 0 Å². The first kappa shape index (κ1) is 10.5. The van der Waals surface area contributed by atoms with E-state index in [0.29, 0.717) is 18.1 Å². The van der Waals surface area contributed by atoms with Crippen LogP contribution < -0.4 is 0 Å². The van der Waals surface area contributed by atoms with Gasteiger partial charge >= 0.3 is 5.97 Å². The molecule has 0 aromatic carbocycles. The molecule has 6 heteroatoms. The topological polar surface area (TPSA) is 66.6 Å². The van der Waals surface area contributed by atoms with Crippen molar-refractivity contribution < 1.29 is 14.4 Å². The molecule has 1 aliphatic heterocycles. The Balaban J connectivity index is 2.02. The SMILES string of the molecule is O=C(O)C1CSCCN1Cc1ccno1. The van der Waals surface area contributed by atoms with Crippen LogP contribution in [0.3, 0.4) is 0 Å². The lowest BCUT2D eigenvalue weighted by Crippen LogP contribution is -2.46. The van der Waals surface area contributed by atoms with Gasteiger partial charge in [0, 0.05) is 24.1 Å². The van der Waals surface area contributed by atoms with Crippen LogP contribution in [0, 0.1) is 0 Å². The van der Waals surface area contributed by atoms with Crippen molar-refractivity contribution in [2.45, 2.75) is 12.6 Å². The molecular formula is C9H12N2O3S. The summed E-state index contributed by atoms with van der Waals surface area (Å²) < 4.78 is 4.97. The van der Waals surface area contributed by atoms with Crippen molar-refractivity contribution in [3.63, 3.8) is 0 Å². The van der Waals surface area contributed by atoms with Gasteiger partial charge in [-0.1, -0.05) is 5.16 Å². The Morgan fingerprint density at radius 1 is 1.80 bits per heavy atom. The Morgan fingerprint density at radius 3 is 3.33 bits per heavy atom. The third-order valence-corrected chi connectivity index (χ3v) is 3.40. The number of thioether (sulfide) groups is 1. The van der Waals surface area contributed by atoms with E-state index in [-0.39, 0.29) is 0 Å². The van der Waals surface area contributed by atoms with Crippen molar-refractivity contribution >= 4 is 17.7 Å². The smallest absolute Gasteiger partial charge is 0.321 e. The summed E-state index contributed by atoms with van der Waals surface area (Å²) in [4.78, 5) is 12.9. The van der Waals surface area contributed by atoms with E-state index in [1.165, 1.54) is 0 Å². The summed E-state index contributed by atoms with van der Waals surface area (Å²) in [5.41, 5.74) is 0. The molecule has 5 nitrogen and oxygen atoms in total. The molecule has 1 aromatic heterocycles. The first-order valence-corrected chi connectivity index (χ1v) is 5.87. The second-order valence-electron chi connectivity index (χ2n) is 3.38.